The molecule has 17 heavy (non-hydrogen) atoms. The highest BCUT2D eigenvalue weighted by molar-refractivity contribution is 5.76. The van der Waals surface area contributed by atoms with E-state index in [1.165, 1.54) is 5.56 Å². The van der Waals surface area contributed by atoms with Crippen molar-refractivity contribution in [3.63, 3.8) is 0 Å². The van der Waals surface area contributed by atoms with E-state index in [0.29, 0.717) is 19.0 Å². The molecule has 0 fully saturated rings. The van der Waals surface area contributed by atoms with Crippen molar-refractivity contribution in [1.29, 1.82) is 0 Å². The van der Waals surface area contributed by atoms with Crippen molar-refractivity contribution in [2.75, 3.05) is 13.1 Å². The van der Waals surface area contributed by atoms with Crippen LogP contribution in [0.4, 0.5) is 0 Å². The Morgan fingerprint density at radius 2 is 1.88 bits per heavy atom. The van der Waals surface area contributed by atoms with Gasteiger partial charge in [0.2, 0.25) is 5.91 Å². The van der Waals surface area contributed by atoms with Gasteiger partial charge >= 0.3 is 0 Å². The lowest BCUT2D eigenvalue weighted by Gasteiger charge is -2.09. The van der Waals surface area contributed by atoms with Crippen LogP contribution in [0, 0.1) is 0 Å². The Hall–Kier alpha value is -1.35. The molecule has 0 spiro atoms. The molecule has 0 aromatic heterocycles. The average Bonchev–Trinajstić information content (AvgIpc) is 2.33. The van der Waals surface area contributed by atoms with Gasteiger partial charge in [-0.1, -0.05) is 44.2 Å². The Balaban J connectivity index is 2.09. The molecule has 0 atom stereocenters. The van der Waals surface area contributed by atoms with Crippen LogP contribution < -0.4 is 10.6 Å². The molecule has 0 heterocycles. The molecule has 1 aromatic carbocycles. The number of aryl methyl sites for hydroxylation is 1. The van der Waals surface area contributed by atoms with Crippen LogP contribution in [0.25, 0.3) is 0 Å². The Bertz CT molecular complexity index is 322. The molecule has 0 aliphatic carbocycles. The molecule has 1 aromatic rings. The summed E-state index contributed by atoms with van der Waals surface area (Å²) in [6, 6.07) is 10.6. The average molecular weight is 234 g/mol. The second-order valence-corrected chi connectivity index (χ2v) is 4.44. The zero-order chi connectivity index (χ0) is 12.5. The van der Waals surface area contributed by atoms with Crippen molar-refractivity contribution in [2.24, 2.45) is 0 Å². The fourth-order valence-electron chi connectivity index (χ4n) is 1.55. The lowest BCUT2D eigenvalue weighted by atomic mass is 10.1. The van der Waals surface area contributed by atoms with Crippen LogP contribution in [0.3, 0.4) is 0 Å². The number of hydrogen-bond donors (Lipinski definition) is 2. The standard InChI is InChI=1S/C14H22N2O/c1-12(2)15-10-11-16-14(17)9-8-13-6-4-3-5-7-13/h3-7,12,15H,8-11H2,1-2H3,(H,16,17). The molecule has 0 radical (unpaired) electrons. The van der Waals surface area contributed by atoms with E-state index < -0.39 is 0 Å². The minimum Gasteiger partial charge on any atom is -0.355 e. The van der Waals surface area contributed by atoms with Crippen LogP contribution in [-0.2, 0) is 11.2 Å². The highest BCUT2D eigenvalue weighted by Gasteiger charge is 2.01. The molecular weight excluding hydrogens is 212 g/mol. The van der Waals surface area contributed by atoms with E-state index in [-0.39, 0.29) is 5.91 Å². The van der Waals surface area contributed by atoms with Gasteiger partial charge in [0.1, 0.15) is 0 Å². The largest absolute Gasteiger partial charge is 0.355 e. The number of hydrogen-bond acceptors (Lipinski definition) is 2. The first-order chi connectivity index (χ1) is 8.18. The first kappa shape index (κ1) is 13.7. The SMILES string of the molecule is CC(C)NCCNC(=O)CCc1ccccc1. The number of amides is 1. The van der Waals surface area contributed by atoms with Crippen LogP contribution in [-0.4, -0.2) is 25.0 Å². The predicted octanol–water partition coefficient (Wildman–Crippen LogP) is 1.73. The third-order valence-electron chi connectivity index (χ3n) is 2.48. The van der Waals surface area contributed by atoms with E-state index in [9.17, 15) is 4.79 Å². The quantitative estimate of drug-likeness (QED) is 0.706. The first-order valence-corrected chi connectivity index (χ1v) is 6.22. The van der Waals surface area contributed by atoms with Crippen LogP contribution >= 0.6 is 0 Å². The van der Waals surface area contributed by atoms with Gasteiger partial charge in [-0.15, -0.1) is 0 Å². The molecule has 0 aliphatic rings. The third-order valence-corrected chi connectivity index (χ3v) is 2.48. The predicted molar refractivity (Wildman–Crippen MR) is 70.9 cm³/mol. The Morgan fingerprint density at radius 3 is 2.53 bits per heavy atom. The van der Waals surface area contributed by atoms with E-state index in [1.54, 1.807) is 0 Å². The zero-order valence-electron chi connectivity index (χ0n) is 10.7. The maximum atomic E-state index is 11.5. The zero-order valence-corrected chi connectivity index (χ0v) is 10.7. The molecule has 3 heteroatoms. The summed E-state index contributed by atoms with van der Waals surface area (Å²) in [5.74, 6) is 0.124. The summed E-state index contributed by atoms with van der Waals surface area (Å²) >= 11 is 0. The van der Waals surface area contributed by atoms with E-state index in [4.69, 9.17) is 0 Å². The van der Waals surface area contributed by atoms with Gasteiger partial charge in [-0.2, -0.15) is 0 Å². The topological polar surface area (TPSA) is 41.1 Å². The van der Waals surface area contributed by atoms with E-state index in [0.717, 1.165) is 13.0 Å². The minimum atomic E-state index is 0.124. The van der Waals surface area contributed by atoms with Gasteiger partial charge in [-0.3, -0.25) is 4.79 Å². The van der Waals surface area contributed by atoms with Crippen LogP contribution in [0.15, 0.2) is 30.3 Å². The van der Waals surface area contributed by atoms with Gasteiger partial charge in [0, 0.05) is 25.6 Å². The lowest BCUT2D eigenvalue weighted by molar-refractivity contribution is -0.121. The van der Waals surface area contributed by atoms with Crippen LogP contribution in [0.2, 0.25) is 0 Å². The molecule has 0 saturated carbocycles. The molecule has 0 unspecified atom stereocenters. The summed E-state index contributed by atoms with van der Waals surface area (Å²) < 4.78 is 0. The highest BCUT2D eigenvalue weighted by Crippen LogP contribution is 2.01. The first-order valence-electron chi connectivity index (χ1n) is 6.22. The Kier molecular flexibility index (Phi) is 6.33. The fraction of sp³-hybridized carbons (Fsp3) is 0.500. The summed E-state index contributed by atoms with van der Waals surface area (Å²) in [5.41, 5.74) is 1.21. The van der Waals surface area contributed by atoms with Gasteiger partial charge in [-0.25, -0.2) is 0 Å². The van der Waals surface area contributed by atoms with Gasteiger partial charge in [0.25, 0.3) is 0 Å². The number of carbonyl (C=O) groups excluding carboxylic acids is 1. The van der Waals surface area contributed by atoms with Crippen molar-refractivity contribution < 1.29 is 4.79 Å². The summed E-state index contributed by atoms with van der Waals surface area (Å²) in [6.07, 6.45) is 1.37. The molecular formula is C14H22N2O. The van der Waals surface area contributed by atoms with E-state index in [1.807, 2.05) is 30.3 Å². The second kappa shape index (κ2) is 7.85. The van der Waals surface area contributed by atoms with Gasteiger partial charge < -0.3 is 10.6 Å². The monoisotopic (exact) mass is 234 g/mol. The molecule has 3 nitrogen and oxygen atoms in total. The summed E-state index contributed by atoms with van der Waals surface area (Å²) in [6.45, 7) is 5.72. The summed E-state index contributed by atoms with van der Waals surface area (Å²) in [5, 5.41) is 6.17. The fourth-order valence-corrected chi connectivity index (χ4v) is 1.55. The molecule has 0 saturated heterocycles. The minimum absolute atomic E-state index is 0.124. The second-order valence-electron chi connectivity index (χ2n) is 4.44. The summed E-state index contributed by atoms with van der Waals surface area (Å²) in [4.78, 5) is 11.5. The van der Waals surface area contributed by atoms with Crippen LogP contribution in [0.1, 0.15) is 25.8 Å². The van der Waals surface area contributed by atoms with Crippen molar-refractivity contribution in [3.05, 3.63) is 35.9 Å². The van der Waals surface area contributed by atoms with Gasteiger partial charge in [-0.05, 0) is 12.0 Å². The number of nitrogens with one attached hydrogen (secondary N) is 2. The van der Waals surface area contributed by atoms with Gasteiger partial charge in [0.05, 0.1) is 0 Å². The van der Waals surface area contributed by atoms with Crippen molar-refractivity contribution in [3.8, 4) is 0 Å². The van der Waals surface area contributed by atoms with Gasteiger partial charge in [0.15, 0.2) is 0 Å². The van der Waals surface area contributed by atoms with E-state index >= 15 is 0 Å². The van der Waals surface area contributed by atoms with Crippen molar-refractivity contribution in [2.45, 2.75) is 32.7 Å². The third kappa shape index (κ3) is 6.74. The number of rotatable bonds is 7. The molecule has 0 aliphatic heterocycles. The smallest absolute Gasteiger partial charge is 0.220 e. The molecule has 2 N–H and O–H groups in total. The molecule has 0 bridgehead atoms. The normalized spacial score (nSPS) is 10.5. The highest BCUT2D eigenvalue weighted by atomic mass is 16.1. The number of carbonyl (C=O) groups is 1. The molecule has 1 amide bonds. The van der Waals surface area contributed by atoms with Crippen molar-refractivity contribution >= 4 is 5.91 Å². The van der Waals surface area contributed by atoms with Crippen molar-refractivity contribution in [1.82, 2.24) is 10.6 Å². The summed E-state index contributed by atoms with van der Waals surface area (Å²) in [7, 11) is 0. The Morgan fingerprint density at radius 1 is 1.18 bits per heavy atom. The van der Waals surface area contributed by atoms with Crippen LogP contribution in [0.5, 0.6) is 0 Å². The van der Waals surface area contributed by atoms with E-state index in [2.05, 4.69) is 24.5 Å². The molecule has 1 rings (SSSR count). The molecule has 94 valence electrons. The Labute approximate surface area is 104 Å². The number of benzene rings is 1. The lowest BCUT2D eigenvalue weighted by Crippen LogP contribution is -2.34. The maximum absolute atomic E-state index is 11.5. The maximum Gasteiger partial charge on any atom is 0.220 e.